The van der Waals surface area contributed by atoms with Gasteiger partial charge in [0, 0.05) is 10.8 Å². The summed E-state index contributed by atoms with van der Waals surface area (Å²) in [6.45, 7) is 11.8. The van der Waals surface area contributed by atoms with E-state index in [9.17, 15) is 0 Å². The maximum Gasteiger partial charge on any atom is 0.00687 e. The first kappa shape index (κ1) is 10.6. The molecular formula is C16H24. The molecule has 0 bridgehead atoms. The molecule has 3 rings (SSSR count). The minimum absolute atomic E-state index is 0.425. The van der Waals surface area contributed by atoms with Gasteiger partial charge in [0.2, 0.25) is 0 Å². The quantitative estimate of drug-likeness (QED) is 0.549. The zero-order chi connectivity index (χ0) is 11.6. The molecule has 0 aromatic heterocycles. The van der Waals surface area contributed by atoms with Crippen molar-refractivity contribution in [3.05, 3.63) is 24.3 Å². The van der Waals surface area contributed by atoms with Crippen LogP contribution in [0.15, 0.2) is 24.3 Å². The first-order chi connectivity index (χ1) is 7.46. The van der Waals surface area contributed by atoms with Gasteiger partial charge < -0.3 is 0 Å². The van der Waals surface area contributed by atoms with Gasteiger partial charge in [-0.25, -0.2) is 0 Å². The molecule has 0 unspecified atom stereocenters. The summed E-state index contributed by atoms with van der Waals surface area (Å²) in [6.07, 6.45) is 11.8. The summed E-state index contributed by atoms with van der Waals surface area (Å²) in [7, 11) is 0. The molecule has 88 valence electrons. The third-order valence-corrected chi connectivity index (χ3v) is 6.33. The predicted octanol–water partition coefficient (Wildman–Crippen LogP) is 4.73. The van der Waals surface area contributed by atoms with E-state index in [1.807, 2.05) is 0 Å². The van der Waals surface area contributed by atoms with E-state index in [2.05, 4.69) is 39.5 Å². The van der Waals surface area contributed by atoms with Crippen LogP contribution in [0.1, 0.15) is 52.9 Å². The highest BCUT2D eigenvalue weighted by Gasteiger charge is 2.67. The second-order valence-electron chi connectivity index (χ2n) is 6.98. The number of hydrogen-bond donors (Lipinski definition) is 0. The number of allylic oxidation sites excluding steroid dienone is 3. The minimum Gasteiger partial charge on any atom is -0.0952 e. The first-order valence-electron chi connectivity index (χ1n) is 6.85. The van der Waals surface area contributed by atoms with Gasteiger partial charge in [-0.3, -0.25) is 0 Å². The molecule has 0 nitrogen and oxygen atoms in total. The van der Waals surface area contributed by atoms with Crippen LogP contribution in [-0.2, 0) is 0 Å². The number of rotatable bonds is 0. The van der Waals surface area contributed by atoms with Crippen LogP contribution in [0.25, 0.3) is 0 Å². The van der Waals surface area contributed by atoms with Crippen LogP contribution < -0.4 is 0 Å². The van der Waals surface area contributed by atoms with Gasteiger partial charge in [0.15, 0.2) is 0 Å². The molecule has 0 saturated heterocycles. The fourth-order valence-corrected chi connectivity index (χ4v) is 5.41. The summed E-state index contributed by atoms with van der Waals surface area (Å²) in [4.78, 5) is 0. The molecule has 0 heterocycles. The van der Waals surface area contributed by atoms with Gasteiger partial charge >= 0.3 is 0 Å². The van der Waals surface area contributed by atoms with Gasteiger partial charge in [-0.15, -0.1) is 0 Å². The third-order valence-electron chi connectivity index (χ3n) is 6.33. The lowest BCUT2D eigenvalue weighted by atomic mass is 9.47. The average Bonchev–Trinajstić information content (AvgIpc) is 2.67. The van der Waals surface area contributed by atoms with Crippen molar-refractivity contribution in [2.75, 3.05) is 0 Å². The Morgan fingerprint density at radius 3 is 2.69 bits per heavy atom. The van der Waals surface area contributed by atoms with E-state index in [1.54, 1.807) is 0 Å². The molecule has 0 N–H and O–H groups in total. The fraction of sp³-hybridized carbons (Fsp3) is 0.750. The molecule has 0 radical (unpaired) electrons. The van der Waals surface area contributed by atoms with Crippen LogP contribution in [0.5, 0.6) is 0 Å². The maximum absolute atomic E-state index is 4.40. The van der Waals surface area contributed by atoms with Crippen molar-refractivity contribution in [2.45, 2.75) is 52.9 Å². The highest BCUT2D eigenvalue weighted by atomic mass is 14.7. The highest BCUT2D eigenvalue weighted by Crippen LogP contribution is 2.75. The molecule has 3 aliphatic rings. The number of hydrogen-bond acceptors (Lipinski definition) is 0. The van der Waals surface area contributed by atoms with E-state index >= 15 is 0 Å². The Bertz CT molecular complexity index is 373. The summed E-state index contributed by atoms with van der Waals surface area (Å²) in [5, 5.41) is 0. The van der Waals surface area contributed by atoms with Crippen LogP contribution in [0.2, 0.25) is 0 Å². The van der Waals surface area contributed by atoms with E-state index in [4.69, 9.17) is 0 Å². The molecule has 3 atom stereocenters. The van der Waals surface area contributed by atoms with Crippen LogP contribution >= 0.6 is 0 Å². The van der Waals surface area contributed by atoms with E-state index < -0.39 is 0 Å². The Hall–Kier alpha value is -0.520. The van der Waals surface area contributed by atoms with Crippen molar-refractivity contribution in [3.63, 3.8) is 0 Å². The van der Waals surface area contributed by atoms with E-state index in [-0.39, 0.29) is 0 Å². The summed E-state index contributed by atoms with van der Waals surface area (Å²) >= 11 is 0. The highest BCUT2D eigenvalue weighted by molar-refractivity contribution is 5.43. The van der Waals surface area contributed by atoms with Crippen molar-refractivity contribution in [2.24, 2.45) is 22.2 Å². The van der Waals surface area contributed by atoms with Gasteiger partial charge in [-0.05, 0) is 42.6 Å². The smallest absolute Gasteiger partial charge is 0.00687 e. The predicted molar refractivity (Wildman–Crippen MR) is 69.2 cm³/mol. The molecule has 2 saturated carbocycles. The topological polar surface area (TPSA) is 0 Å². The van der Waals surface area contributed by atoms with Gasteiger partial charge in [0.25, 0.3) is 0 Å². The first-order valence-corrected chi connectivity index (χ1v) is 6.85. The second-order valence-corrected chi connectivity index (χ2v) is 6.98. The average molecular weight is 216 g/mol. The van der Waals surface area contributed by atoms with Crippen molar-refractivity contribution >= 4 is 0 Å². The van der Waals surface area contributed by atoms with Crippen molar-refractivity contribution < 1.29 is 0 Å². The van der Waals surface area contributed by atoms with Crippen LogP contribution in [-0.4, -0.2) is 0 Å². The molecular weight excluding hydrogens is 192 g/mol. The van der Waals surface area contributed by atoms with Gasteiger partial charge in [-0.2, -0.15) is 0 Å². The van der Waals surface area contributed by atoms with E-state index in [0.29, 0.717) is 16.2 Å². The lowest BCUT2D eigenvalue weighted by molar-refractivity contribution is -0.0345. The molecule has 3 aliphatic carbocycles. The van der Waals surface area contributed by atoms with Crippen LogP contribution in [0, 0.1) is 22.2 Å². The molecule has 0 spiro atoms. The molecule has 0 aromatic carbocycles. The summed E-state index contributed by atoms with van der Waals surface area (Å²) in [6, 6.07) is 0. The monoisotopic (exact) mass is 216 g/mol. The Morgan fingerprint density at radius 2 is 2.00 bits per heavy atom. The Kier molecular flexibility index (Phi) is 1.88. The van der Waals surface area contributed by atoms with E-state index in [0.717, 1.165) is 5.92 Å². The fourth-order valence-electron chi connectivity index (χ4n) is 5.41. The molecule has 0 heteroatoms. The summed E-state index contributed by atoms with van der Waals surface area (Å²) in [5.41, 5.74) is 2.76. The van der Waals surface area contributed by atoms with Crippen LogP contribution in [0.4, 0.5) is 0 Å². The largest absolute Gasteiger partial charge is 0.0952 e. The molecule has 0 aromatic rings. The lowest BCUT2D eigenvalue weighted by Gasteiger charge is -2.57. The molecule has 2 fully saturated rings. The standard InChI is InChI=1S/C16H24/c1-12-6-10-15-11-7-13(2)16(12,15)9-5-8-14(15,3)4/h6,10,13H,1,5,7-9,11H2,2-4H3/t13-,15-,16+/m0/s1. The van der Waals surface area contributed by atoms with Gasteiger partial charge in [0.05, 0.1) is 0 Å². The normalized spacial score (nSPS) is 49.2. The summed E-state index contributed by atoms with van der Waals surface area (Å²) < 4.78 is 0. The molecule has 16 heavy (non-hydrogen) atoms. The zero-order valence-corrected chi connectivity index (χ0v) is 11.0. The van der Waals surface area contributed by atoms with Crippen LogP contribution in [0.3, 0.4) is 0 Å². The summed E-state index contributed by atoms with van der Waals surface area (Å²) in [5.74, 6) is 0.828. The van der Waals surface area contributed by atoms with Crippen molar-refractivity contribution in [1.82, 2.24) is 0 Å². The third kappa shape index (κ3) is 0.858. The van der Waals surface area contributed by atoms with Gasteiger partial charge in [0.1, 0.15) is 0 Å². The lowest BCUT2D eigenvalue weighted by Crippen LogP contribution is -2.50. The maximum atomic E-state index is 4.40. The Morgan fingerprint density at radius 1 is 1.25 bits per heavy atom. The molecule has 0 amide bonds. The van der Waals surface area contributed by atoms with Gasteiger partial charge in [-0.1, -0.05) is 45.9 Å². The van der Waals surface area contributed by atoms with Crippen molar-refractivity contribution in [3.8, 4) is 0 Å². The minimum atomic E-state index is 0.425. The Labute approximate surface area is 99.8 Å². The van der Waals surface area contributed by atoms with Crippen molar-refractivity contribution in [1.29, 1.82) is 0 Å². The molecule has 0 aliphatic heterocycles. The zero-order valence-electron chi connectivity index (χ0n) is 11.0. The Balaban J connectivity index is 2.22. The second kappa shape index (κ2) is 2.83. The SMILES string of the molecule is C=C1C=C[C@@]23CC[C@H](C)[C@@]12CCCC3(C)C. The van der Waals surface area contributed by atoms with E-state index in [1.165, 1.54) is 37.7 Å².